The van der Waals surface area contributed by atoms with Crippen LogP contribution in [0.4, 0.5) is 11.4 Å². The molecule has 0 aliphatic rings. The number of nitrogens with zero attached hydrogens (tertiary/aromatic N) is 2. The Hall–Kier alpha value is -2.38. The number of rotatable bonds is 5. The van der Waals surface area contributed by atoms with E-state index in [-0.39, 0.29) is 11.8 Å². The first kappa shape index (κ1) is 19.0. The lowest BCUT2D eigenvalue weighted by molar-refractivity contribution is -0.119. The molecule has 2 atom stereocenters. The lowest BCUT2D eigenvalue weighted by atomic mass is 10.2. The summed E-state index contributed by atoms with van der Waals surface area (Å²) >= 11 is 6.20. The van der Waals surface area contributed by atoms with Crippen LogP contribution in [0, 0.1) is 13.8 Å². The Bertz CT molecular complexity index is 800. The van der Waals surface area contributed by atoms with Crippen LogP contribution < -0.4 is 16.4 Å². The predicted molar refractivity (Wildman–Crippen MR) is 98.8 cm³/mol. The van der Waals surface area contributed by atoms with Crippen LogP contribution in [0.1, 0.15) is 31.3 Å². The SMILES string of the molecule is Cc1cc(C)n(C(C)C(=O)Nc2ccc(NC(=O)[C@H](C)N)cc2Cl)n1. The molecule has 0 fully saturated rings. The Morgan fingerprint density at radius 3 is 2.36 bits per heavy atom. The predicted octanol–water partition coefficient (Wildman–Crippen LogP) is 2.64. The topological polar surface area (TPSA) is 102 Å². The maximum Gasteiger partial charge on any atom is 0.248 e. The summed E-state index contributed by atoms with van der Waals surface area (Å²) in [5, 5.41) is 10.1. The molecule has 0 aliphatic heterocycles. The molecule has 0 saturated heterocycles. The van der Waals surface area contributed by atoms with Gasteiger partial charge in [-0.15, -0.1) is 0 Å². The van der Waals surface area contributed by atoms with E-state index in [2.05, 4.69) is 15.7 Å². The number of hydrogen-bond acceptors (Lipinski definition) is 4. The average Bonchev–Trinajstić information content (AvgIpc) is 2.87. The summed E-state index contributed by atoms with van der Waals surface area (Å²) in [5.41, 5.74) is 8.23. The van der Waals surface area contributed by atoms with E-state index in [0.29, 0.717) is 16.4 Å². The van der Waals surface area contributed by atoms with Crippen molar-refractivity contribution in [1.82, 2.24) is 9.78 Å². The van der Waals surface area contributed by atoms with Gasteiger partial charge in [0.25, 0.3) is 0 Å². The minimum atomic E-state index is -0.625. The number of aryl methyl sites for hydroxylation is 2. The summed E-state index contributed by atoms with van der Waals surface area (Å²) in [6, 6.07) is 5.64. The van der Waals surface area contributed by atoms with E-state index in [1.54, 1.807) is 36.7 Å². The fraction of sp³-hybridized carbons (Fsp3) is 0.353. The minimum Gasteiger partial charge on any atom is -0.325 e. The van der Waals surface area contributed by atoms with Crippen LogP contribution >= 0.6 is 11.6 Å². The number of anilines is 2. The van der Waals surface area contributed by atoms with E-state index < -0.39 is 12.1 Å². The molecule has 1 heterocycles. The summed E-state index contributed by atoms with van der Waals surface area (Å²) < 4.78 is 1.66. The van der Waals surface area contributed by atoms with Crippen molar-refractivity contribution >= 4 is 34.8 Å². The molecule has 2 rings (SSSR count). The zero-order chi connectivity index (χ0) is 18.7. The summed E-state index contributed by atoms with van der Waals surface area (Å²) in [6.07, 6.45) is 0. The first-order valence-corrected chi connectivity index (χ1v) is 8.26. The molecular weight excluding hydrogens is 342 g/mol. The number of carbonyl (C=O) groups is 2. The highest BCUT2D eigenvalue weighted by atomic mass is 35.5. The van der Waals surface area contributed by atoms with E-state index >= 15 is 0 Å². The van der Waals surface area contributed by atoms with Gasteiger partial charge in [0.1, 0.15) is 6.04 Å². The van der Waals surface area contributed by atoms with E-state index in [1.807, 2.05) is 19.9 Å². The largest absolute Gasteiger partial charge is 0.325 e. The quantitative estimate of drug-likeness (QED) is 0.759. The number of aromatic nitrogens is 2. The summed E-state index contributed by atoms with van der Waals surface area (Å²) in [5.74, 6) is -0.550. The zero-order valence-electron chi connectivity index (χ0n) is 14.6. The molecule has 2 aromatic rings. The molecule has 1 aromatic heterocycles. The van der Waals surface area contributed by atoms with Crippen molar-refractivity contribution in [3.05, 3.63) is 40.7 Å². The molecule has 0 saturated carbocycles. The fourth-order valence-electron chi connectivity index (χ4n) is 2.34. The number of amides is 2. The smallest absolute Gasteiger partial charge is 0.248 e. The van der Waals surface area contributed by atoms with Crippen molar-refractivity contribution < 1.29 is 9.59 Å². The van der Waals surface area contributed by atoms with Gasteiger partial charge in [-0.25, -0.2) is 0 Å². The van der Waals surface area contributed by atoms with Gasteiger partial charge in [0.15, 0.2) is 0 Å². The Balaban J connectivity index is 2.10. The summed E-state index contributed by atoms with van der Waals surface area (Å²) in [6.45, 7) is 7.12. The molecule has 2 amide bonds. The Labute approximate surface area is 151 Å². The van der Waals surface area contributed by atoms with Gasteiger partial charge in [0.2, 0.25) is 11.8 Å². The molecule has 4 N–H and O–H groups in total. The first-order chi connectivity index (χ1) is 11.7. The van der Waals surface area contributed by atoms with Crippen molar-refractivity contribution in [1.29, 1.82) is 0 Å². The lowest BCUT2D eigenvalue weighted by Crippen LogP contribution is -2.32. The molecular formula is C17H22ClN5O2. The number of carbonyl (C=O) groups excluding carboxylic acids is 2. The number of halogens is 1. The van der Waals surface area contributed by atoms with Gasteiger partial charge in [-0.3, -0.25) is 14.3 Å². The first-order valence-electron chi connectivity index (χ1n) is 7.88. The molecule has 0 bridgehead atoms. The Kier molecular flexibility index (Phi) is 5.81. The number of hydrogen-bond donors (Lipinski definition) is 3. The van der Waals surface area contributed by atoms with Gasteiger partial charge in [0.05, 0.1) is 22.4 Å². The van der Waals surface area contributed by atoms with Gasteiger partial charge in [-0.2, -0.15) is 5.10 Å². The highest BCUT2D eigenvalue weighted by Crippen LogP contribution is 2.26. The van der Waals surface area contributed by atoms with Crippen LogP contribution in [0.15, 0.2) is 24.3 Å². The highest BCUT2D eigenvalue weighted by Gasteiger charge is 2.19. The Morgan fingerprint density at radius 2 is 1.84 bits per heavy atom. The van der Waals surface area contributed by atoms with Crippen LogP contribution in [0.2, 0.25) is 5.02 Å². The van der Waals surface area contributed by atoms with Crippen molar-refractivity contribution in [3.63, 3.8) is 0 Å². The molecule has 25 heavy (non-hydrogen) atoms. The number of nitrogens with two attached hydrogens (primary N) is 1. The maximum absolute atomic E-state index is 12.5. The Morgan fingerprint density at radius 1 is 1.16 bits per heavy atom. The highest BCUT2D eigenvalue weighted by molar-refractivity contribution is 6.34. The van der Waals surface area contributed by atoms with Crippen molar-refractivity contribution in [2.75, 3.05) is 10.6 Å². The fourth-order valence-corrected chi connectivity index (χ4v) is 2.56. The lowest BCUT2D eigenvalue weighted by Gasteiger charge is -2.16. The molecule has 0 spiro atoms. The van der Waals surface area contributed by atoms with Gasteiger partial charge < -0.3 is 16.4 Å². The zero-order valence-corrected chi connectivity index (χ0v) is 15.4. The number of benzene rings is 1. The van der Waals surface area contributed by atoms with Crippen LogP contribution in [0.25, 0.3) is 0 Å². The van der Waals surface area contributed by atoms with E-state index in [0.717, 1.165) is 11.4 Å². The second-order valence-corrected chi connectivity index (χ2v) is 6.42. The van der Waals surface area contributed by atoms with Gasteiger partial charge in [-0.1, -0.05) is 11.6 Å². The molecule has 7 nitrogen and oxygen atoms in total. The second-order valence-electron chi connectivity index (χ2n) is 6.01. The van der Waals surface area contributed by atoms with Crippen molar-refractivity contribution in [3.8, 4) is 0 Å². The molecule has 8 heteroatoms. The van der Waals surface area contributed by atoms with Crippen LogP contribution in [0.5, 0.6) is 0 Å². The van der Waals surface area contributed by atoms with Crippen molar-refractivity contribution in [2.24, 2.45) is 5.73 Å². The van der Waals surface area contributed by atoms with E-state index in [9.17, 15) is 9.59 Å². The van der Waals surface area contributed by atoms with Crippen molar-refractivity contribution in [2.45, 2.75) is 39.8 Å². The van der Waals surface area contributed by atoms with Gasteiger partial charge in [0, 0.05) is 11.4 Å². The third-order valence-corrected chi connectivity index (χ3v) is 4.01. The monoisotopic (exact) mass is 363 g/mol. The molecule has 1 unspecified atom stereocenters. The number of nitrogens with one attached hydrogen (secondary N) is 2. The van der Waals surface area contributed by atoms with Gasteiger partial charge in [-0.05, 0) is 52.0 Å². The maximum atomic E-state index is 12.5. The molecule has 0 radical (unpaired) electrons. The summed E-state index contributed by atoms with van der Waals surface area (Å²) in [7, 11) is 0. The standard InChI is InChI=1S/C17H22ClN5O2/c1-9-7-10(2)23(22-9)12(4)17(25)21-15-6-5-13(8-14(15)18)20-16(24)11(3)19/h5-8,11-12H,19H2,1-4H3,(H,20,24)(H,21,25)/t11-,12?/m0/s1. The molecule has 134 valence electrons. The second kappa shape index (κ2) is 7.67. The normalized spacial score (nSPS) is 13.2. The van der Waals surface area contributed by atoms with E-state index in [1.165, 1.54) is 0 Å². The van der Waals surface area contributed by atoms with Crippen LogP contribution in [-0.2, 0) is 9.59 Å². The average molecular weight is 364 g/mol. The third kappa shape index (κ3) is 4.58. The minimum absolute atomic E-state index is 0.236. The molecule has 1 aromatic carbocycles. The van der Waals surface area contributed by atoms with Crippen LogP contribution in [0.3, 0.4) is 0 Å². The van der Waals surface area contributed by atoms with Crippen LogP contribution in [-0.4, -0.2) is 27.6 Å². The van der Waals surface area contributed by atoms with Gasteiger partial charge >= 0.3 is 0 Å². The summed E-state index contributed by atoms with van der Waals surface area (Å²) in [4.78, 5) is 24.1. The molecule has 0 aliphatic carbocycles. The van der Waals surface area contributed by atoms with E-state index in [4.69, 9.17) is 17.3 Å². The third-order valence-electron chi connectivity index (χ3n) is 3.70.